The molecule has 0 aliphatic carbocycles. The summed E-state index contributed by atoms with van der Waals surface area (Å²) in [7, 11) is 0. The van der Waals surface area contributed by atoms with Gasteiger partial charge in [0.05, 0.1) is 0 Å². The Morgan fingerprint density at radius 3 is 2.45 bits per heavy atom. The highest BCUT2D eigenvalue weighted by atomic mass is 35.5. The maximum atomic E-state index is 12.3. The normalized spacial score (nSPS) is 18.7. The largest absolute Gasteiger partial charge is 0.337 e. The van der Waals surface area contributed by atoms with Crippen LogP contribution in [0.1, 0.15) is 45.2 Å². The van der Waals surface area contributed by atoms with E-state index in [2.05, 4.69) is 57.3 Å². The molecule has 3 nitrogen and oxygen atoms in total. The molecule has 1 heterocycles. The van der Waals surface area contributed by atoms with Gasteiger partial charge in [-0.1, -0.05) is 45.0 Å². The van der Waals surface area contributed by atoms with E-state index in [0.29, 0.717) is 12.5 Å². The summed E-state index contributed by atoms with van der Waals surface area (Å²) in [5.41, 5.74) is 2.78. The smallest absolute Gasteiger partial charge is 0.223 e. The summed E-state index contributed by atoms with van der Waals surface area (Å²) >= 11 is 0. The SMILES string of the molecule is CC1CNCCN1C(=O)CCc1ccc(C(C)(C)C)cc1.Cl. The molecule has 0 spiro atoms. The molecule has 1 fully saturated rings. The fourth-order valence-electron chi connectivity index (χ4n) is 2.78. The summed E-state index contributed by atoms with van der Waals surface area (Å²) in [6, 6.07) is 9.01. The predicted octanol–water partition coefficient (Wildman–Crippen LogP) is 3.16. The molecule has 0 radical (unpaired) electrons. The molecule has 0 aromatic heterocycles. The molecule has 1 aromatic carbocycles. The van der Waals surface area contributed by atoms with Crippen LogP contribution in [-0.4, -0.2) is 36.5 Å². The molecule has 1 aliphatic rings. The number of rotatable bonds is 3. The van der Waals surface area contributed by atoms with Gasteiger partial charge >= 0.3 is 0 Å². The van der Waals surface area contributed by atoms with E-state index in [0.717, 1.165) is 26.1 Å². The van der Waals surface area contributed by atoms with E-state index in [4.69, 9.17) is 0 Å². The number of nitrogens with one attached hydrogen (secondary N) is 1. The van der Waals surface area contributed by atoms with E-state index in [1.807, 2.05) is 4.90 Å². The zero-order chi connectivity index (χ0) is 15.5. The van der Waals surface area contributed by atoms with Crippen LogP contribution in [0.3, 0.4) is 0 Å². The van der Waals surface area contributed by atoms with E-state index in [-0.39, 0.29) is 23.7 Å². The summed E-state index contributed by atoms with van der Waals surface area (Å²) in [4.78, 5) is 14.3. The molecule has 2 rings (SSSR count). The Labute approximate surface area is 140 Å². The van der Waals surface area contributed by atoms with Crippen molar-refractivity contribution in [1.82, 2.24) is 10.2 Å². The van der Waals surface area contributed by atoms with E-state index >= 15 is 0 Å². The number of hydrogen-bond acceptors (Lipinski definition) is 2. The van der Waals surface area contributed by atoms with Crippen molar-refractivity contribution in [1.29, 1.82) is 0 Å². The molecule has 1 saturated heterocycles. The number of nitrogens with zero attached hydrogens (tertiary/aromatic N) is 1. The van der Waals surface area contributed by atoms with Gasteiger partial charge in [0, 0.05) is 32.1 Å². The Morgan fingerprint density at radius 2 is 1.91 bits per heavy atom. The lowest BCUT2D eigenvalue weighted by Gasteiger charge is -2.34. The highest BCUT2D eigenvalue weighted by Gasteiger charge is 2.22. The first-order chi connectivity index (χ1) is 9.88. The number of benzene rings is 1. The highest BCUT2D eigenvalue weighted by molar-refractivity contribution is 5.85. The standard InChI is InChI=1S/C18H28N2O.ClH/c1-14-13-19-11-12-20(14)17(21)10-7-15-5-8-16(9-6-15)18(2,3)4;/h5-6,8-9,14,19H,7,10-13H2,1-4H3;1H. The Balaban J connectivity index is 0.00000242. The molecule has 22 heavy (non-hydrogen) atoms. The van der Waals surface area contributed by atoms with Crippen LogP contribution in [0.2, 0.25) is 0 Å². The van der Waals surface area contributed by atoms with Crippen LogP contribution in [0, 0.1) is 0 Å². The fourth-order valence-corrected chi connectivity index (χ4v) is 2.78. The molecule has 0 saturated carbocycles. The van der Waals surface area contributed by atoms with Crippen molar-refractivity contribution in [3.8, 4) is 0 Å². The molecule has 1 atom stereocenters. The van der Waals surface area contributed by atoms with Crippen molar-refractivity contribution in [3.05, 3.63) is 35.4 Å². The second-order valence-corrected chi connectivity index (χ2v) is 7.09. The molecular weight excluding hydrogens is 296 g/mol. The first kappa shape index (κ1) is 19.0. The molecular formula is C18H29ClN2O. The van der Waals surface area contributed by atoms with E-state index in [1.54, 1.807) is 0 Å². The quantitative estimate of drug-likeness (QED) is 0.926. The van der Waals surface area contributed by atoms with Crippen LogP contribution in [-0.2, 0) is 16.6 Å². The van der Waals surface area contributed by atoms with Crippen LogP contribution in [0.4, 0.5) is 0 Å². The molecule has 0 bridgehead atoms. The molecule has 1 amide bonds. The van der Waals surface area contributed by atoms with Crippen LogP contribution in [0.5, 0.6) is 0 Å². The van der Waals surface area contributed by atoms with Crippen molar-refractivity contribution in [2.75, 3.05) is 19.6 Å². The molecule has 1 N–H and O–H groups in total. The molecule has 1 aliphatic heterocycles. The van der Waals surface area contributed by atoms with Crippen LogP contribution >= 0.6 is 12.4 Å². The van der Waals surface area contributed by atoms with Gasteiger partial charge in [-0.3, -0.25) is 4.79 Å². The minimum absolute atomic E-state index is 0. The van der Waals surface area contributed by atoms with Crippen LogP contribution in [0.15, 0.2) is 24.3 Å². The molecule has 4 heteroatoms. The van der Waals surface area contributed by atoms with Crippen molar-refractivity contribution < 1.29 is 4.79 Å². The fraction of sp³-hybridized carbons (Fsp3) is 0.611. The number of hydrogen-bond donors (Lipinski definition) is 1. The number of carbonyl (C=O) groups is 1. The monoisotopic (exact) mass is 324 g/mol. The number of carbonyl (C=O) groups excluding carboxylic acids is 1. The maximum absolute atomic E-state index is 12.3. The van der Waals surface area contributed by atoms with Gasteiger partial charge in [-0.15, -0.1) is 12.4 Å². The zero-order valence-electron chi connectivity index (χ0n) is 14.2. The lowest BCUT2D eigenvalue weighted by atomic mass is 9.86. The second-order valence-electron chi connectivity index (χ2n) is 7.09. The van der Waals surface area contributed by atoms with Crippen molar-refractivity contribution in [2.45, 2.75) is 52.0 Å². The van der Waals surface area contributed by atoms with Crippen LogP contribution in [0.25, 0.3) is 0 Å². The first-order valence-corrected chi connectivity index (χ1v) is 7.97. The van der Waals surface area contributed by atoms with Gasteiger partial charge in [-0.2, -0.15) is 0 Å². The van der Waals surface area contributed by atoms with Crippen molar-refractivity contribution in [3.63, 3.8) is 0 Å². The third kappa shape index (κ3) is 4.99. The summed E-state index contributed by atoms with van der Waals surface area (Å²) in [6.07, 6.45) is 1.44. The van der Waals surface area contributed by atoms with Crippen molar-refractivity contribution in [2.24, 2.45) is 0 Å². The summed E-state index contributed by atoms with van der Waals surface area (Å²) in [5.74, 6) is 0.281. The van der Waals surface area contributed by atoms with Gasteiger partial charge in [-0.25, -0.2) is 0 Å². The highest BCUT2D eigenvalue weighted by Crippen LogP contribution is 2.22. The summed E-state index contributed by atoms with van der Waals surface area (Å²) in [6.45, 7) is 11.4. The second kappa shape index (κ2) is 7.98. The Bertz CT molecular complexity index is 479. The maximum Gasteiger partial charge on any atom is 0.223 e. The van der Waals surface area contributed by atoms with Crippen LogP contribution < -0.4 is 5.32 Å². The minimum atomic E-state index is 0. The number of amides is 1. The van der Waals surface area contributed by atoms with E-state index < -0.39 is 0 Å². The zero-order valence-corrected chi connectivity index (χ0v) is 15.0. The lowest BCUT2D eigenvalue weighted by Crippen LogP contribution is -2.52. The topological polar surface area (TPSA) is 32.3 Å². The average molecular weight is 325 g/mol. The minimum Gasteiger partial charge on any atom is -0.337 e. The molecule has 1 unspecified atom stereocenters. The third-order valence-electron chi connectivity index (χ3n) is 4.27. The van der Waals surface area contributed by atoms with Gasteiger partial charge in [-0.05, 0) is 29.9 Å². The van der Waals surface area contributed by atoms with Gasteiger partial charge in [0.1, 0.15) is 0 Å². The summed E-state index contributed by atoms with van der Waals surface area (Å²) < 4.78 is 0. The van der Waals surface area contributed by atoms with Gasteiger partial charge in [0.25, 0.3) is 0 Å². The van der Waals surface area contributed by atoms with E-state index in [1.165, 1.54) is 11.1 Å². The third-order valence-corrected chi connectivity index (χ3v) is 4.27. The molecule has 124 valence electrons. The first-order valence-electron chi connectivity index (χ1n) is 7.97. The molecule has 1 aromatic rings. The number of aryl methyl sites for hydroxylation is 1. The average Bonchev–Trinajstić information content (AvgIpc) is 2.45. The van der Waals surface area contributed by atoms with Gasteiger partial charge < -0.3 is 10.2 Å². The van der Waals surface area contributed by atoms with E-state index in [9.17, 15) is 4.79 Å². The lowest BCUT2D eigenvalue weighted by molar-refractivity contribution is -0.133. The predicted molar refractivity (Wildman–Crippen MR) is 94.8 cm³/mol. The Morgan fingerprint density at radius 1 is 1.27 bits per heavy atom. The Hall–Kier alpha value is -1.06. The number of halogens is 1. The summed E-state index contributed by atoms with van der Waals surface area (Å²) in [5, 5.41) is 3.32. The van der Waals surface area contributed by atoms with Crippen molar-refractivity contribution >= 4 is 18.3 Å². The van der Waals surface area contributed by atoms with Gasteiger partial charge in [0.2, 0.25) is 5.91 Å². The van der Waals surface area contributed by atoms with Gasteiger partial charge in [0.15, 0.2) is 0 Å². The Kier molecular flexibility index (Phi) is 6.89. The number of piperazine rings is 1.